The molecule has 0 spiro atoms. The third kappa shape index (κ3) is 2.75. The Bertz CT molecular complexity index is 710. The van der Waals surface area contributed by atoms with E-state index in [1.54, 1.807) is 0 Å². The molecule has 1 saturated carbocycles. The van der Waals surface area contributed by atoms with Crippen molar-refractivity contribution in [3.63, 3.8) is 0 Å². The molecule has 3 rings (SSSR count). The minimum atomic E-state index is -0.114. The van der Waals surface area contributed by atoms with Gasteiger partial charge in [-0.05, 0) is 26.0 Å². The molecule has 1 aromatic carbocycles. The maximum absolute atomic E-state index is 11.9. The van der Waals surface area contributed by atoms with Gasteiger partial charge in [-0.3, -0.25) is 9.59 Å². The average molecular weight is 299 g/mol. The fourth-order valence-electron chi connectivity index (χ4n) is 2.96. The van der Waals surface area contributed by atoms with Crippen molar-refractivity contribution in [1.29, 1.82) is 0 Å². The number of carbonyl (C=O) groups is 2. The van der Waals surface area contributed by atoms with Crippen LogP contribution in [0.3, 0.4) is 0 Å². The minimum absolute atomic E-state index is 0.00759. The molecule has 1 fully saturated rings. The van der Waals surface area contributed by atoms with Crippen molar-refractivity contribution < 1.29 is 9.59 Å². The van der Waals surface area contributed by atoms with Crippen LogP contribution in [0, 0.1) is 5.92 Å². The number of carbonyl (C=O) groups excluding carboxylic acids is 2. The van der Waals surface area contributed by atoms with Gasteiger partial charge in [0.25, 0.3) is 0 Å². The molecule has 1 amide bonds. The lowest BCUT2D eigenvalue weighted by Gasteiger charge is -2.22. The normalized spacial score (nSPS) is 15.3. The summed E-state index contributed by atoms with van der Waals surface area (Å²) in [6, 6.07) is 8.41. The molecule has 116 valence electrons. The van der Waals surface area contributed by atoms with Gasteiger partial charge in [0, 0.05) is 31.8 Å². The van der Waals surface area contributed by atoms with E-state index in [0.717, 1.165) is 16.9 Å². The highest BCUT2D eigenvalue weighted by molar-refractivity contribution is 5.96. The molecular formula is C17H21N3O2. The Morgan fingerprint density at radius 1 is 1.36 bits per heavy atom. The van der Waals surface area contributed by atoms with E-state index in [0.29, 0.717) is 31.8 Å². The van der Waals surface area contributed by atoms with Crippen LogP contribution < -0.4 is 5.32 Å². The number of amides is 1. The molecule has 0 saturated heterocycles. The van der Waals surface area contributed by atoms with E-state index in [1.165, 1.54) is 0 Å². The van der Waals surface area contributed by atoms with E-state index < -0.39 is 0 Å². The number of para-hydroxylation sites is 2. The predicted molar refractivity (Wildman–Crippen MR) is 84.6 cm³/mol. The third-order valence-electron chi connectivity index (χ3n) is 4.15. The van der Waals surface area contributed by atoms with E-state index in [-0.39, 0.29) is 17.6 Å². The Morgan fingerprint density at radius 3 is 2.77 bits per heavy atom. The first-order chi connectivity index (χ1) is 10.6. The monoisotopic (exact) mass is 299 g/mol. The number of hydrogen-bond acceptors (Lipinski definition) is 3. The van der Waals surface area contributed by atoms with Crippen LogP contribution in [-0.2, 0) is 16.0 Å². The van der Waals surface area contributed by atoms with Crippen LogP contribution in [-0.4, -0.2) is 27.8 Å². The molecule has 0 radical (unpaired) electrons. The second kappa shape index (κ2) is 5.91. The number of imidazole rings is 1. The summed E-state index contributed by atoms with van der Waals surface area (Å²) in [5, 5.41) is 2.92. The van der Waals surface area contributed by atoms with Crippen molar-refractivity contribution in [2.24, 2.45) is 5.92 Å². The molecule has 0 unspecified atom stereocenters. The van der Waals surface area contributed by atoms with Crippen LogP contribution in [0.15, 0.2) is 24.3 Å². The van der Waals surface area contributed by atoms with Crippen LogP contribution in [0.5, 0.6) is 0 Å². The summed E-state index contributed by atoms with van der Waals surface area (Å²) in [6.07, 6.45) is 1.49. The number of ketones is 1. The summed E-state index contributed by atoms with van der Waals surface area (Å²) in [7, 11) is 0. The van der Waals surface area contributed by atoms with Gasteiger partial charge in [0.15, 0.2) is 0 Å². The van der Waals surface area contributed by atoms with Gasteiger partial charge < -0.3 is 9.88 Å². The average Bonchev–Trinajstić information content (AvgIpc) is 2.82. The van der Waals surface area contributed by atoms with Crippen molar-refractivity contribution in [3.8, 4) is 0 Å². The number of nitrogens with one attached hydrogen (secondary N) is 1. The Morgan fingerprint density at radius 2 is 2.09 bits per heavy atom. The standard InChI is InChI=1S/C17H21N3O2/c1-11(2)20-15-6-4-3-5-14(15)19-16(20)7-8-18-17(22)12-9-13(21)10-12/h3-6,11-12H,7-10H2,1-2H3,(H,18,22). The van der Waals surface area contributed by atoms with Crippen molar-refractivity contribution in [3.05, 3.63) is 30.1 Å². The van der Waals surface area contributed by atoms with E-state index >= 15 is 0 Å². The van der Waals surface area contributed by atoms with Gasteiger partial charge in [-0.15, -0.1) is 0 Å². The van der Waals surface area contributed by atoms with E-state index in [1.807, 2.05) is 18.2 Å². The minimum Gasteiger partial charge on any atom is -0.355 e. The van der Waals surface area contributed by atoms with Crippen LogP contribution in [0.4, 0.5) is 0 Å². The van der Waals surface area contributed by atoms with Gasteiger partial charge in [-0.2, -0.15) is 0 Å². The summed E-state index contributed by atoms with van der Waals surface area (Å²) in [5.74, 6) is 1.05. The Balaban J connectivity index is 1.67. The third-order valence-corrected chi connectivity index (χ3v) is 4.15. The molecule has 1 heterocycles. The fraction of sp³-hybridized carbons (Fsp3) is 0.471. The summed E-state index contributed by atoms with van der Waals surface area (Å²) in [6.45, 7) is 4.83. The van der Waals surface area contributed by atoms with Crippen molar-refractivity contribution in [2.45, 2.75) is 39.2 Å². The number of Topliss-reactive ketones (excluding diaryl/α,β-unsaturated/α-hetero) is 1. The van der Waals surface area contributed by atoms with Crippen LogP contribution in [0.25, 0.3) is 11.0 Å². The number of hydrogen-bond donors (Lipinski definition) is 1. The molecule has 1 N–H and O–H groups in total. The second-order valence-electron chi connectivity index (χ2n) is 6.17. The number of rotatable bonds is 5. The maximum Gasteiger partial charge on any atom is 0.224 e. The highest BCUT2D eigenvalue weighted by Crippen LogP contribution is 2.23. The smallest absolute Gasteiger partial charge is 0.224 e. The van der Waals surface area contributed by atoms with Gasteiger partial charge >= 0.3 is 0 Å². The Labute approximate surface area is 129 Å². The molecule has 1 aliphatic carbocycles. The zero-order valence-corrected chi connectivity index (χ0v) is 13.0. The first kappa shape index (κ1) is 14.8. The summed E-state index contributed by atoms with van der Waals surface area (Å²) in [4.78, 5) is 27.5. The van der Waals surface area contributed by atoms with Gasteiger partial charge in [0.05, 0.1) is 17.0 Å². The lowest BCUT2D eigenvalue weighted by molar-refractivity contribution is -0.137. The molecule has 0 atom stereocenters. The largest absolute Gasteiger partial charge is 0.355 e. The van der Waals surface area contributed by atoms with E-state index in [2.05, 4.69) is 34.8 Å². The molecule has 22 heavy (non-hydrogen) atoms. The summed E-state index contributed by atoms with van der Waals surface area (Å²) >= 11 is 0. The molecule has 5 heteroatoms. The fourth-order valence-corrected chi connectivity index (χ4v) is 2.96. The predicted octanol–water partition coefficient (Wildman–Crippen LogP) is 2.25. The van der Waals surface area contributed by atoms with Gasteiger partial charge in [0.1, 0.15) is 11.6 Å². The lowest BCUT2D eigenvalue weighted by atomic mass is 9.83. The zero-order valence-electron chi connectivity index (χ0n) is 13.0. The van der Waals surface area contributed by atoms with Crippen molar-refractivity contribution in [1.82, 2.24) is 14.9 Å². The lowest BCUT2D eigenvalue weighted by Crippen LogP contribution is -2.39. The Hall–Kier alpha value is -2.17. The quantitative estimate of drug-likeness (QED) is 0.921. The molecule has 5 nitrogen and oxygen atoms in total. The van der Waals surface area contributed by atoms with Crippen LogP contribution >= 0.6 is 0 Å². The number of fused-ring (bicyclic) bond motifs is 1. The molecule has 1 aromatic heterocycles. The molecule has 1 aliphatic rings. The van der Waals surface area contributed by atoms with Crippen LogP contribution in [0.2, 0.25) is 0 Å². The molecular weight excluding hydrogens is 278 g/mol. The molecule has 0 bridgehead atoms. The van der Waals surface area contributed by atoms with E-state index in [9.17, 15) is 9.59 Å². The highest BCUT2D eigenvalue weighted by atomic mass is 16.2. The SMILES string of the molecule is CC(C)n1c(CCNC(=O)C2CC(=O)C2)nc2ccccc21. The number of nitrogens with zero attached hydrogens (tertiary/aromatic N) is 2. The maximum atomic E-state index is 11.9. The molecule has 0 aliphatic heterocycles. The number of aromatic nitrogens is 2. The zero-order chi connectivity index (χ0) is 15.7. The van der Waals surface area contributed by atoms with Gasteiger partial charge in [-0.1, -0.05) is 12.1 Å². The van der Waals surface area contributed by atoms with Crippen molar-refractivity contribution in [2.75, 3.05) is 6.54 Å². The van der Waals surface area contributed by atoms with Gasteiger partial charge in [-0.25, -0.2) is 4.98 Å². The van der Waals surface area contributed by atoms with Gasteiger partial charge in [0.2, 0.25) is 5.91 Å². The molecule has 2 aromatic rings. The second-order valence-corrected chi connectivity index (χ2v) is 6.17. The summed E-state index contributed by atoms with van der Waals surface area (Å²) in [5.41, 5.74) is 2.12. The summed E-state index contributed by atoms with van der Waals surface area (Å²) < 4.78 is 2.22. The first-order valence-corrected chi connectivity index (χ1v) is 7.81. The highest BCUT2D eigenvalue weighted by Gasteiger charge is 2.32. The first-order valence-electron chi connectivity index (χ1n) is 7.81. The van der Waals surface area contributed by atoms with Crippen LogP contribution in [0.1, 0.15) is 38.6 Å². The van der Waals surface area contributed by atoms with E-state index in [4.69, 9.17) is 0 Å². The number of benzene rings is 1. The van der Waals surface area contributed by atoms with Crippen molar-refractivity contribution >= 4 is 22.7 Å². The topological polar surface area (TPSA) is 64.0 Å². The Kier molecular flexibility index (Phi) is 3.96.